The fourth-order valence-corrected chi connectivity index (χ4v) is 5.40. The maximum absolute atomic E-state index is 11.5. The van der Waals surface area contributed by atoms with Gasteiger partial charge in [0.1, 0.15) is 17.0 Å². The number of benzene rings is 1. The van der Waals surface area contributed by atoms with Crippen molar-refractivity contribution in [3.63, 3.8) is 0 Å². The van der Waals surface area contributed by atoms with E-state index in [1.165, 1.54) is 48.0 Å². The van der Waals surface area contributed by atoms with Gasteiger partial charge in [-0.15, -0.1) is 0 Å². The van der Waals surface area contributed by atoms with Gasteiger partial charge in [0.25, 0.3) is 0 Å². The van der Waals surface area contributed by atoms with Crippen LogP contribution in [0.2, 0.25) is 0 Å². The highest BCUT2D eigenvalue weighted by Gasteiger charge is 2.36. The molecule has 2 aliphatic heterocycles. The zero-order valence-corrected chi connectivity index (χ0v) is 18.2. The van der Waals surface area contributed by atoms with E-state index < -0.39 is 5.60 Å². The number of aliphatic hydroxyl groups is 1. The standard InChI is InChI=1S/C25H31N3O2/c1-17-14-20-23-21-6-4-5-12-27(21)13-11-22(23)28(24(20)26-15-17)16-25(2,29)18-7-9-19(30-3)10-8-18/h7-10,14-15,21,29H,4-6,11-13,16H2,1-3H3. The Labute approximate surface area is 178 Å². The summed E-state index contributed by atoms with van der Waals surface area (Å²) in [5.41, 5.74) is 4.91. The SMILES string of the molecule is COc1ccc(C(C)(O)Cn2c3c(c4cc(C)cnc42)C2CCCCN2CC3)cc1. The predicted molar refractivity (Wildman–Crippen MR) is 119 cm³/mol. The van der Waals surface area contributed by atoms with Crippen molar-refractivity contribution in [1.29, 1.82) is 0 Å². The molecule has 0 spiro atoms. The molecule has 1 fully saturated rings. The van der Waals surface area contributed by atoms with Gasteiger partial charge in [-0.3, -0.25) is 4.90 Å². The molecule has 2 aliphatic rings. The van der Waals surface area contributed by atoms with E-state index in [0.717, 1.165) is 29.9 Å². The Morgan fingerprint density at radius 3 is 2.77 bits per heavy atom. The number of aryl methyl sites for hydroxylation is 1. The predicted octanol–water partition coefficient (Wildman–Crippen LogP) is 4.34. The van der Waals surface area contributed by atoms with Gasteiger partial charge in [-0.05, 0) is 68.1 Å². The number of piperidine rings is 1. The molecule has 158 valence electrons. The second kappa shape index (κ2) is 7.40. The highest BCUT2D eigenvalue weighted by Crippen LogP contribution is 2.42. The summed E-state index contributed by atoms with van der Waals surface area (Å²) in [7, 11) is 1.66. The molecule has 2 unspecified atom stereocenters. The Morgan fingerprint density at radius 1 is 1.20 bits per heavy atom. The van der Waals surface area contributed by atoms with Gasteiger partial charge in [0.2, 0.25) is 0 Å². The van der Waals surface area contributed by atoms with Crippen LogP contribution in [0.4, 0.5) is 0 Å². The largest absolute Gasteiger partial charge is 0.497 e. The minimum atomic E-state index is -0.998. The minimum Gasteiger partial charge on any atom is -0.497 e. The van der Waals surface area contributed by atoms with Crippen LogP contribution in [0, 0.1) is 6.92 Å². The smallest absolute Gasteiger partial charge is 0.140 e. The number of pyridine rings is 1. The summed E-state index contributed by atoms with van der Waals surface area (Å²) in [5, 5.41) is 12.7. The average molecular weight is 406 g/mol. The van der Waals surface area contributed by atoms with Gasteiger partial charge in [0.05, 0.1) is 13.7 Å². The molecule has 30 heavy (non-hydrogen) atoms. The lowest BCUT2D eigenvalue weighted by Gasteiger charge is -2.40. The normalized spacial score (nSPS) is 21.1. The van der Waals surface area contributed by atoms with Crippen molar-refractivity contribution >= 4 is 11.0 Å². The van der Waals surface area contributed by atoms with Gasteiger partial charge in [0.15, 0.2) is 0 Å². The first-order valence-corrected chi connectivity index (χ1v) is 11.1. The molecule has 0 bridgehead atoms. The average Bonchev–Trinajstić information content (AvgIpc) is 3.06. The van der Waals surface area contributed by atoms with Gasteiger partial charge in [-0.1, -0.05) is 18.6 Å². The van der Waals surface area contributed by atoms with Crippen LogP contribution in [-0.4, -0.2) is 39.8 Å². The van der Waals surface area contributed by atoms with E-state index in [-0.39, 0.29) is 0 Å². The van der Waals surface area contributed by atoms with Crippen LogP contribution in [0.3, 0.4) is 0 Å². The highest BCUT2D eigenvalue weighted by atomic mass is 16.5. The molecule has 0 aliphatic carbocycles. The number of hydrogen-bond donors (Lipinski definition) is 1. The Kier molecular flexibility index (Phi) is 4.83. The molecule has 5 rings (SSSR count). The summed E-state index contributed by atoms with van der Waals surface area (Å²) >= 11 is 0. The molecule has 0 radical (unpaired) electrons. The summed E-state index contributed by atoms with van der Waals surface area (Å²) in [6.45, 7) is 6.80. The van der Waals surface area contributed by atoms with Gasteiger partial charge in [-0.25, -0.2) is 4.98 Å². The van der Waals surface area contributed by atoms with Gasteiger partial charge in [-0.2, -0.15) is 0 Å². The molecule has 5 nitrogen and oxygen atoms in total. The Morgan fingerprint density at radius 2 is 2.00 bits per heavy atom. The number of methoxy groups -OCH3 is 1. The highest BCUT2D eigenvalue weighted by molar-refractivity contribution is 5.84. The maximum Gasteiger partial charge on any atom is 0.140 e. The van der Waals surface area contributed by atoms with Crippen LogP contribution in [0.15, 0.2) is 36.5 Å². The van der Waals surface area contributed by atoms with E-state index in [1.54, 1.807) is 7.11 Å². The third-order valence-electron chi connectivity index (χ3n) is 6.95. The monoisotopic (exact) mass is 405 g/mol. The quantitative estimate of drug-likeness (QED) is 0.701. The third kappa shape index (κ3) is 3.21. The minimum absolute atomic E-state index is 0.487. The molecule has 1 aromatic carbocycles. The molecule has 1 saturated heterocycles. The molecule has 4 heterocycles. The molecule has 3 aromatic rings. The number of rotatable bonds is 4. The second-order valence-corrected chi connectivity index (χ2v) is 9.13. The summed E-state index contributed by atoms with van der Waals surface area (Å²) < 4.78 is 7.57. The maximum atomic E-state index is 11.5. The molecular weight excluding hydrogens is 374 g/mol. The van der Waals surface area contributed by atoms with Crippen molar-refractivity contribution < 1.29 is 9.84 Å². The molecule has 0 amide bonds. The number of nitrogens with zero attached hydrogens (tertiary/aromatic N) is 3. The Bertz CT molecular complexity index is 1070. The zero-order valence-electron chi connectivity index (χ0n) is 18.2. The molecule has 2 aromatic heterocycles. The van der Waals surface area contributed by atoms with E-state index in [1.807, 2.05) is 37.4 Å². The number of ether oxygens (including phenoxy) is 1. The molecule has 1 N–H and O–H groups in total. The lowest BCUT2D eigenvalue weighted by Crippen LogP contribution is -2.39. The first-order valence-electron chi connectivity index (χ1n) is 11.1. The van der Waals surface area contributed by atoms with Gasteiger partial charge in [0, 0.05) is 36.3 Å². The number of aromatic nitrogens is 2. The first kappa shape index (κ1) is 19.6. The van der Waals surface area contributed by atoms with Gasteiger partial charge >= 0.3 is 0 Å². The van der Waals surface area contributed by atoms with E-state index in [0.29, 0.717) is 12.6 Å². The lowest BCUT2D eigenvalue weighted by atomic mass is 9.89. The third-order valence-corrected chi connectivity index (χ3v) is 6.95. The topological polar surface area (TPSA) is 50.5 Å². The van der Waals surface area contributed by atoms with Gasteiger partial charge < -0.3 is 14.4 Å². The van der Waals surface area contributed by atoms with Crippen molar-refractivity contribution in [2.24, 2.45) is 0 Å². The molecule has 2 atom stereocenters. The number of hydrogen-bond acceptors (Lipinski definition) is 4. The van der Waals surface area contributed by atoms with Crippen LogP contribution in [0.25, 0.3) is 11.0 Å². The van der Waals surface area contributed by atoms with E-state index in [2.05, 4.69) is 22.5 Å². The summed E-state index contributed by atoms with van der Waals surface area (Å²) in [6, 6.07) is 10.5. The van der Waals surface area contributed by atoms with Crippen LogP contribution in [0.5, 0.6) is 5.75 Å². The van der Waals surface area contributed by atoms with Crippen molar-refractivity contribution in [3.05, 3.63) is 58.9 Å². The molecule has 0 saturated carbocycles. The van der Waals surface area contributed by atoms with Crippen LogP contribution in [0.1, 0.15) is 54.6 Å². The summed E-state index contributed by atoms with van der Waals surface area (Å²) in [6.07, 6.45) is 6.77. The van der Waals surface area contributed by atoms with E-state index >= 15 is 0 Å². The van der Waals surface area contributed by atoms with Crippen molar-refractivity contribution in [1.82, 2.24) is 14.5 Å². The summed E-state index contributed by atoms with van der Waals surface area (Å²) in [5.74, 6) is 0.799. The molecular formula is C25H31N3O2. The van der Waals surface area contributed by atoms with Crippen LogP contribution < -0.4 is 4.74 Å². The van der Waals surface area contributed by atoms with Crippen molar-refractivity contribution in [3.8, 4) is 5.75 Å². The fraction of sp³-hybridized carbons (Fsp3) is 0.480. The fourth-order valence-electron chi connectivity index (χ4n) is 5.40. The zero-order chi connectivity index (χ0) is 20.9. The van der Waals surface area contributed by atoms with E-state index in [9.17, 15) is 5.11 Å². The van der Waals surface area contributed by atoms with Crippen molar-refractivity contribution in [2.75, 3.05) is 20.2 Å². The first-order chi connectivity index (χ1) is 14.5. The summed E-state index contributed by atoms with van der Waals surface area (Å²) in [4.78, 5) is 7.49. The lowest BCUT2D eigenvalue weighted by molar-refractivity contribution is 0.0377. The molecule has 5 heteroatoms. The van der Waals surface area contributed by atoms with Crippen molar-refractivity contribution in [2.45, 2.75) is 57.7 Å². The number of fused-ring (bicyclic) bond motifs is 5. The Hall–Kier alpha value is -2.37. The van der Waals surface area contributed by atoms with Crippen LogP contribution >= 0.6 is 0 Å². The Balaban J connectivity index is 1.61. The van der Waals surface area contributed by atoms with E-state index in [4.69, 9.17) is 9.72 Å². The van der Waals surface area contributed by atoms with Crippen LogP contribution in [-0.2, 0) is 18.6 Å². The second-order valence-electron chi connectivity index (χ2n) is 9.13.